The van der Waals surface area contributed by atoms with Gasteiger partial charge in [0.25, 0.3) is 0 Å². The molecule has 0 unspecified atom stereocenters. The molecule has 6 nitrogen and oxygen atoms in total. The van der Waals surface area contributed by atoms with Crippen LogP contribution in [-0.4, -0.2) is 31.4 Å². The Kier molecular flexibility index (Phi) is 5.01. The Labute approximate surface area is 157 Å². The van der Waals surface area contributed by atoms with E-state index < -0.39 is 12.3 Å². The van der Waals surface area contributed by atoms with Crippen LogP contribution in [0.25, 0.3) is 0 Å². The summed E-state index contributed by atoms with van der Waals surface area (Å²) in [5.74, 6) is -0.0190. The molecule has 0 aromatic heterocycles. The van der Waals surface area contributed by atoms with Crippen molar-refractivity contribution in [2.75, 3.05) is 20.3 Å². The molecule has 2 aromatic rings. The molecule has 27 heavy (non-hydrogen) atoms. The average molecular weight is 370 g/mol. The summed E-state index contributed by atoms with van der Waals surface area (Å²) in [7, 11) is 1.59. The molecule has 1 heterocycles. The van der Waals surface area contributed by atoms with Crippen LogP contribution in [0.2, 0.25) is 0 Å². The van der Waals surface area contributed by atoms with Crippen LogP contribution >= 0.6 is 0 Å². The summed E-state index contributed by atoms with van der Waals surface area (Å²) in [5.41, 5.74) is 2.69. The molecule has 1 aliphatic carbocycles. The second-order valence-electron chi connectivity index (χ2n) is 6.76. The molecule has 2 atom stereocenters. The van der Waals surface area contributed by atoms with Gasteiger partial charge in [0.1, 0.15) is 18.1 Å². The zero-order valence-corrected chi connectivity index (χ0v) is 15.1. The fourth-order valence-electron chi connectivity index (χ4n) is 3.49. The number of hydrogen-bond donors (Lipinski definition) is 1. The molecule has 0 bridgehead atoms. The van der Waals surface area contributed by atoms with Crippen molar-refractivity contribution in [3.63, 3.8) is 0 Å². The second-order valence-corrected chi connectivity index (χ2v) is 6.76. The average Bonchev–Trinajstić information content (AvgIpc) is 3.33. The van der Waals surface area contributed by atoms with Crippen molar-refractivity contribution in [2.24, 2.45) is 5.92 Å². The monoisotopic (exact) mass is 370 g/mol. The third kappa shape index (κ3) is 3.77. The number of aliphatic carboxylic acids is 1. The van der Waals surface area contributed by atoms with Crippen LogP contribution in [0.3, 0.4) is 0 Å². The molecule has 0 spiro atoms. The van der Waals surface area contributed by atoms with Crippen molar-refractivity contribution in [1.29, 1.82) is 0 Å². The van der Waals surface area contributed by atoms with E-state index in [-0.39, 0.29) is 11.8 Å². The van der Waals surface area contributed by atoms with E-state index in [4.69, 9.17) is 18.9 Å². The maximum Gasteiger partial charge on any atom is 0.307 e. The van der Waals surface area contributed by atoms with Crippen LogP contribution in [-0.2, 0) is 20.9 Å². The quantitative estimate of drug-likeness (QED) is 0.804. The van der Waals surface area contributed by atoms with Crippen LogP contribution in [0.5, 0.6) is 11.5 Å². The molecule has 1 saturated heterocycles. The van der Waals surface area contributed by atoms with Crippen LogP contribution in [0.4, 0.5) is 0 Å². The van der Waals surface area contributed by atoms with E-state index in [1.165, 1.54) is 0 Å². The summed E-state index contributed by atoms with van der Waals surface area (Å²) in [6.07, 6.45) is 0.0482. The van der Waals surface area contributed by atoms with E-state index in [1.54, 1.807) is 7.11 Å². The van der Waals surface area contributed by atoms with Crippen molar-refractivity contribution < 1.29 is 28.8 Å². The number of carboxylic acids is 1. The Balaban J connectivity index is 1.70. The number of ether oxygens (including phenoxy) is 4. The van der Waals surface area contributed by atoms with Gasteiger partial charge in [-0.3, -0.25) is 4.79 Å². The highest BCUT2D eigenvalue weighted by Crippen LogP contribution is 2.53. The lowest BCUT2D eigenvalue weighted by atomic mass is 9.99. The molecule has 1 aliphatic heterocycles. The molecule has 4 rings (SSSR count). The highest BCUT2D eigenvalue weighted by molar-refractivity contribution is 5.75. The highest BCUT2D eigenvalue weighted by atomic mass is 16.7. The van der Waals surface area contributed by atoms with Crippen molar-refractivity contribution in [1.82, 2.24) is 0 Å². The Morgan fingerprint density at radius 1 is 1.19 bits per heavy atom. The van der Waals surface area contributed by atoms with Crippen LogP contribution in [0, 0.1) is 5.92 Å². The molecule has 142 valence electrons. The molecule has 0 amide bonds. The smallest absolute Gasteiger partial charge is 0.307 e. The van der Waals surface area contributed by atoms with Crippen molar-refractivity contribution in [3.05, 3.63) is 59.2 Å². The molecular weight excluding hydrogens is 348 g/mol. The van der Waals surface area contributed by atoms with Gasteiger partial charge in [0.2, 0.25) is 0 Å². The van der Waals surface area contributed by atoms with Gasteiger partial charge >= 0.3 is 5.97 Å². The van der Waals surface area contributed by atoms with E-state index in [2.05, 4.69) is 0 Å². The summed E-state index contributed by atoms with van der Waals surface area (Å²) in [6.45, 7) is 1.39. The SMILES string of the molecule is COc1cc(OCc2ccccc2)c(C2OCCO2)c([C@@H]2C[C@H]2C(=O)O)c1. The summed E-state index contributed by atoms with van der Waals surface area (Å²) < 4.78 is 23.0. The number of methoxy groups -OCH3 is 1. The highest BCUT2D eigenvalue weighted by Gasteiger charge is 2.47. The Morgan fingerprint density at radius 3 is 2.56 bits per heavy atom. The van der Waals surface area contributed by atoms with Crippen molar-refractivity contribution in [3.8, 4) is 11.5 Å². The first-order valence-corrected chi connectivity index (χ1v) is 9.02. The fraction of sp³-hybridized carbons (Fsp3) is 0.381. The minimum absolute atomic E-state index is 0.0838. The van der Waals surface area contributed by atoms with Gasteiger partial charge in [-0.1, -0.05) is 30.3 Å². The molecule has 0 radical (unpaired) electrons. The summed E-state index contributed by atoms with van der Waals surface area (Å²) in [5, 5.41) is 9.36. The first-order valence-electron chi connectivity index (χ1n) is 9.02. The van der Waals surface area contributed by atoms with E-state index in [1.807, 2.05) is 42.5 Å². The van der Waals surface area contributed by atoms with Crippen LogP contribution < -0.4 is 9.47 Å². The standard InChI is InChI=1S/C21H22O6/c1-24-14-9-16(15-11-17(15)20(22)23)19(21-25-7-8-26-21)18(10-14)27-12-13-5-3-2-4-6-13/h2-6,9-10,15,17,21H,7-8,11-12H2,1H3,(H,22,23)/t15-,17+/m0/s1. The molecular formula is C21H22O6. The first-order chi connectivity index (χ1) is 13.2. The van der Waals surface area contributed by atoms with Gasteiger partial charge in [0.15, 0.2) is 6.29 Å². The van der Waals surface area contributed by atoms with Crippen LogP contribution in [0.15, 0.2) is 42.5 Å². The predicted molar refractivity (Wildman–Crippen MR) is 96.9 cm³/mol. The first kappa shape index (κ1) is 17.8. The number of hydrogen-bond acceptors (Lipinski definition) is 5. The number of rotatable bonds is 7. The maximum atomic E-state index is 11.4. The maximum absolute atomic E-state index is 11.4. The number of benzene rings is 2. The normalized spacial score (nSPS) is 21.8. The van der Waals surface area contributed by atoms with Crippen molar-refractivity contribution in [2.45, 2.75) is 25.2 Å². The zero-order valence-electron chi connectivity index (χ0n) is 15.1. The van der Waals surface area contributed by atoms with Crippen molar-refractivity contribution >= 4 is 5.97 Å². The van der Waals surface area contributed by atoms with Gasteiger partial charge in [-0.2, -0.15) is 0 Å². The molecule has 2 fully saturated rings. The van der Waals surface area contributed by atoms with E-state index in [0.717, 1.165) is 16.7 Å². The second kappa shape index (κ2) is 7.58. The van der Waals surface area contributed by atoms with E-state index in [9.17, 15) is 9.90 Å². The predicted octanol–water partition coefficient (Wildman–Crippen LogP) is 3.51. The largest absolute Gasteiger partial charge is 0.497 e. The minimum Gasteiger partial charge on any atom is -0.497 e. The van der Waals surface area contributed by atoms with Gasteiger partial charge in [-0.25, -0.2) is 0 Å². The molecule has 1 saturated carbocycles. The van der Waals surface area contributed by atoms with E-state index in [0.29, 0.717) is 37.7 Å². The van der Waals surface area contributed by atoms with Gasteiger partial charge < -0.3 is 24.1 Å². The topological polar surface area (TPSA) is 74.2 Å². The molecule has 1 N–H and O–H groups in total. The number of carboxylic acid groups (broad SMARTS) is 1. The van der Waals surface area contributed by atoms with Gasteiger partial charge in [0, 0.05) is 6.07 Å². The van der Waals surface area contributed by atoms with Gasteiger partial charge in [0.05, 0.1) is 31.8 Å². The fourth-order valence-corrected chi connectivity index (χ4v) is 3.49. The molecule has 2 aromatic carbocycles. The lowest BCUT2D eigenvalue weighted by Gasteiger charge is -2.21. The summed E-state index contributed by atoms with van der Waals surface area (Å²) >= 11 is 0. The number of carbonyl (C=O) groups is 1. The lowest BCUT2D eigenvalue weighted by molar-refractivity contribution is -0.138. The zero-order chi connectivity index (χ0) is 18.8. The van der Waals surface area contributed by atoms with E-state index >= 15 is 0 Å². The summed E-state index contributed by atoms with van der Waals surface area (Å²) in [4.78, 5) is 11.4. The molecule has 6 heteroatoms. The minimum atomic E-state index is -0.784. The summed E-state index contributed by atoms with van der Waals surface area (Å²) in [6, 6.07) is 13.5. The third-order valence-electron chi connectivity index (χ3n) is 4.99. The molecule has 2 aliphatic rings. The Hall–Kier alpha value is -2.57. The Morgan fingerprint density at radius 2 is 1.93 bits per heavy atom. The van der Waals surface area contributed by atoms with Gasteiger partial charge in [-0.15, -0.1) is 0 Å². The lowest BCUT2D eigenvalue weighted by Crippen LogP contribution is -2.09. The Bertz CT molecular complexity index is 813. The van der Waals surface area contributed by atoms with Gasteiger partial charge in [-0.05, 0) is 29.5 Å². The van der Waals surface area contributed by atoms with Crippen LogP contribution in [0.1, 0.15) is 35.3 Å². The third-order valence-corrected chi connectivity index (χ3v) is 4.99.